The highest BCUT2D eigenvalue weighted by molar-refractivity contribution is 6.30. The minimum atomic E-state index is -0.509. The zero-order valence-corrected chi connectivity index (χ0v) is 11.1. The molecule has 0 unspecified atom stereocenters. The topological polar surface area (TPSA) is 75.4 Å². The Morgan fingerprint density at radius 3 is 2.70 bits per heavy atom. The molecule has 104 valence electrons. The van der Waals surface area contributed by atoms with E-state index < -0.39 is 5.82 Å². The summed E-state index contributed by atoms with van der Waals surface area (Å²) in [4.78, 5) is 11.9. The lowest BCUT2D eigenvalue weighted by atomic mass is 10.1. The summed E-state index contributed by atoms with van der Waals surface area (Å²) in [7, 11) is 0. The summed E-state index contributed by atoms with van der Waals surface area (Å²) in [5, 5.41) is 12.1. The molecule has 0 aliphatic heterocycles. The molecule has 1 amide bonds. The number of rotatable bonds is 3. The molecular formula is C14H12ClFN2O2. The fraction of sp³-hybridized carbons (Fsp3) is 0.0714. The molecule has 2 aromatic rings. The standard InChI is InChI=1S/C14H12ClFN2O2/c15-10-5-8(1-3-11(10)16)7-18-14(20)9-2-4-12(17)13(19)6-9/h1-6,19H,7,17H2,(H,18,20). The van der Waals surface area contributed by atoms with Crippen LogP contribution >= 0.6 is 11.6 Å². The van der Waals surface area contributed by atoms with Crippen LogP contribution in [-0.4, -0.2) is 11.0 Å². The lowest BCUT2D eigenvalue weighted by Gasteiger charge is -2.07. The molecule has 0 heterocycles. The van der Waals surface area contributed by atoms with Gasteiger partial charge in [0, 0.05) is 12.1 Å². The van der Waals surface area contributed by atoms with Crippen LogP contribution in [0, 0.1) is 5.82 Å². The molecule has 0 bridgehead atoms. The zero-order chi connectivity index (χ0) is 14.7. The number of phenolic OH excluding ortho intramolecular Hbond substituents is 1. The van der Waals surface area contributed by atoms with Gasteiger partial charge in [-0.2, -0.15) is 0 Å². The van der Waals surface area contributed by atoms with Crippen LogP contribution in [0.25, 0.3) is 0 Å². The molecule has 4 nitrogen and oxygen atoms in total. The fourth-order valence-electron chi connectivity index (χ4n) is 1.62. The average molecular weight is 295 g/mol. The number of hydrogen-bond acceptors (Lipinski definition) is 3. The molecule has 20 heavy (non-hydrogen) atoms. The molecule has 0 atom stereocenters. The number of carbonyl (C=O) groups excluding carboxylic acids is 1. The highest BCUT2D eigenvalue weighted by atomic mass is 35.5. The predicted molar refractivity (Wildman–Crippen MR) is 75.1 cm³/mol. The van der Waals surface area contributed by atoms with Crippen LogP contribution in [-0.2, 0) is 6.54 Å². The number of amides is 1. The first kappa shape index (κ1) is 14.1. The van der Waals surface area contributed by atoms with Crippen LogP contribution in [0.3, 0.4) is 0 Å². The SMILES string of the molecule is Nc1ccc(C(=O)NCc2ccc(F)c(Cl)c2)cc1O. The summed E-state index contributed by atoms with van der Waals surface area (Å²) in [5.74, 6) is -1.03. The van der Waals surface area contributed by atoms with Gasteiger partial charge >= 0.3 is 0 Å². The quantitative estimate of drug-likeness (QED) is 0.602. The summed E-state index contributed by atoms with van der Waals surface area (Å²) in [6.07, 6.45) is 0. The van der Waals surface area contributed by atoms with Crippen molar-refractivity contribution in [2.45, 2.75) is 6.54 Å². The van der Waals surface area contributed by atoms with Crippen molar-refractivity contribution in [2.75, 3.05) is 5.73 Å². The Bertz CT molecular complexity index is 662. The van der Waals surface area contributed by atoms with Crippen LogP contribution < -0.4 is 11.1 Å². The number of phenols is 1. The minimum absolute atomic E-state index is 0.00174. The number of carbonyl (C=O) groups is 1. The monoisotopic (exact) mass is 294 g/mol. The van der Waals surface area contributed by atoms with Gasteiger partial charge in [-0.1, -0.05) is 17.7 Å². The van der Waals surface area contributed by atoms with E-state index in [-0.39, 0.29) is 34.5 Å². The highest BCUT2D eigenvalue weighted by Crippen LogP contribution is 2.20. The maximum Gasteiger partial charge on any atom is 0.251 e. The maximum atomic E-state index is 13.0. The first-order valence-corrected chi connectivity index (χ1v) is 6.16. The van der Waals surface area contributed by atoms with Crippen molar-refractivity contribution in [1.29, 1.82) is 0 Å². The van der Waals surface area contributed by atoms with Crippen molar-refractivity contribution < 1.29 is 14.3 Å². The second-order valence-electron chi connectivity index (χ2n) is 4.20. The summed E-state index contributed by atoms with van der Waals surface area (Å²) in [5.41, 5.74) is 6.61. The number of benzene rings is 2. The van der Waals surface area contributed by atoms with Gasteiger partial charge < -0.3 is 16.2 Å². The molecular weight excluding hydrogens is 283 g/mol. The lowest BCUT2D eigenvalue weighted by molar-refractivity contribution is 0.0950. The van der Waals surface area contributed by atoms with E-state index in [0.29, 0.717) is 5.56 Å². The van der Waals surface area contributed by atoms with E-state index in [1.165, 1.54) is 36.4 Å². The van der Waals surface area contributed by atoms with Crippen LogP contribution in [0.4, 0.5) is 10.1 Å². The van der Waals surface area contributed by atoms with Crippen LogP contribution in [0.5, 0.6) is 5.75 Å². The Morgan fingerprint density at radius 2 is 2.05 bits per heavy atom. The Morgan fingerprint density at radius 1 is 1.30 bits per heavy atom. The molecule has 0 saturated heterocycles. The fourth-order valence-corrected chi connectivity index (χ4v) is 1.82. The van der Waals surface area contributed by atoms with E-state index in [9.17, 15) is 14.3 Å². The smallest absolute Gasteiger partial charge is 0.251 e. The van der Waals surface area contributed by atoms with E-state index in [1.807, 2.05) is 0 Å². The molecule has 0 aliphatic carbocycles. The van der Waals surface area contributed by atoms with Gasteiger partial charge in [-0.05, 0) is 35.9 Å². The van der Waals surface area contributed by atoms with Crippen molar-refractivity contribution >= 4 is 23.2 Å². The third-order valence-electron chi connectivity index (χ3n) is 2.73. The van der Waals surface area contributed by atoms with Gasteiger partial charge in [0.1, 0.15) is 11.6 Å². The third-order valence-corrected chi connectivity index (χ3v) is 3.02. The molecule has 0 aliphatic rings. The molecule has 0 spiro atoms. The minimum Gasteiger partial charge on any atom is -0.506 e. The first-order chi connectivity index (χ1) is 9.47. The van der Waals surface area contributed by atoms with Crippen molar-refractivity contribution in [3.05, 3.63) is 58.4 Å². The van der Waals surface area contributed by atoms with Crippen molar-refractivity contribution in [2.24, 2.45) is 0 Å². The summed E-state index contributed by atoms with van der Waals surface area (Å²) in [6, 6.07) is 8.43. The number of halogens is 2. The number of nitrogen functional groups attached to an aromatic ring is 1. The van der Waals surface area contributed by atoms with Gasteiger partial charge in [0.25, 0.3) is 5.91 Å². The number of anilines is 1. The average Bonchev–Trinajstić information content (AvgIpc) is 2.43. The van der Waals surface area contributed by atoms with Crippen molar-refractivity contribution in [3.8, 4) is 5.75 Å². The Balaban J connectivity index is 2.04. The molecule has 0 aromatic heterocycles. The van der Waals surface area contributed by atoms with Gasteiger partial charge in [-0.15, -0.1) is 0 Å². The van der Waals surface area contributed by atoms with E-state index in [2.05, 4.69) is 5.32 Å². The molecule has 2 rings (SSSR count). The van der Waals surface area contributed by atoms with Gasteiger partial charge in [0.2, 0.25) is 0 Å². The third kappa shape index (κ3) is 3.19. The van der Waals surface area contributed by atoms with E-state index in [4.69, 9.17) is 17.3 Å². The summed E-state index contributed by atoms with van der Waals surface area (Å²) in [6.45, 7) is 0.198. The molecule has 6 heteroatoms. The highest BCUT2D eigenvalue weighted by Gasteiger charge is 2.08. The van der Waals surface area contributed by atoms with E-state index in [1.54, 1.807) is 0 Å². The summed E-state index contributed by atoms with van der Waals surface area (Å²) < 4.78 is 13.0. The van der Waals surface area contributed by atoms with Crippen LogP contribution in [0.2, 0.25) is 5.02 Å². The van der Waals surface area contributed by atoms with Crippen LogP contribution in [0.1, 0.15) is 15.9 Å². The molecule has 0 radical (unpaired) electrons. The number of hydrogen-bond donors (Lipinski definition) is 3. The molecule has 0 fully saturated rings. The maximum absolute atomic E-state index is 13.0. The van der Waals surface area contributed by atoms with Gasteiger partial charge in [0.05, 0.1) is 10.7 Å². The first-order valence-electron chi connectivity index (χ1n) is 5.78. The largest absolute Gasteiger partial charge is 0.506 e. The Labute approximate surface area is 120 Å². The van der Waals surface area contributed by atoms with Crippen LogP contribution in [0.15, 0.2) is 36.4 Å². The second kappa shape index (κ2) is 5.79. The lowest BCUT2D eigenvalue weighted by Crippen LogP contribution is -2.22. The zero-order valence-electron chi connectivity index (χ0n) is 10.4. The van der Waals surface area contributed by atoms with Gasteiger partial charge in [-0.25, -0.2) is 4.39 Å². The summed E-state index contributed by atoms with van der Waals surface area (Å²) >= 11 is 5.65. The van der Waals surface area contributed by atoms with Gasteiger partial charge in [0.15, 0.2) is 0 Å². The number of nitrogens with two attached hydrogens (primary N) is 1. The van der Waals surface area contributed by atoms with Crippen molar-refractivity contribution in [1.82, 2.24) is 5.32 Å². The number of aromatic hydroxyl groups is 1. The Hall–Kier alpha value is -2.27. The van der Waals surface area contributed by atoms with Crippen molar-refractivity contribution in [3.63, 3.8) is 0 Å². The number of nitrogens with one attached hydrogen (secondary N) is 1. The molecule has 0 saturated carbocycles. The van der Waals surface area contributed by atoms with E-state index in [0.717, 1.165) is 0 Å². The molecule has 4 N–H and O–H groups in total. The predicted octanol–water partition coefficient (Wildman–Crippen LogP) is 2.70. The Kier molecular flexibility index (Phi) is 4.10. The molecule has 2 aromatic carbocycles. The van der Waals surface area contributed by atoms with Gasteiger partial charge in [-0.3, -0.25) is 4.79 Å². The van der Waals surface area contributed by atoms with E-state index >= 15 is 0 Å². The second-order valence-corrected chi connectivity index (χ2v) is 4.61. The normalized spacial score (nSPS) is 10.3.